The second-order valence-electron chi connectivity index (χ2n) is 3.98. The largest absolute Gasteiger partial charge is 0.240 e. The second kappa shape index (κ2) is 6.21. The van der Waals surface area contributed by atoms with Crippen LogP contribution >= 0.6 is 0 Å². The van der Waals surface area contributed by atoms with E-state index >= 15 is 0 Å². The molecule has 4 nitrogen and oxygen atoms in total. The predicted molar refractivity (Wildman–Crippen MR) is 76.6 cm³/mol. The number of rotatable bonds is 4. The fourth-order valence-corrected chi connectivity index (χ4v) is 1.75. The first-order chi connectivity index (χ1) is 9.74. The molecule has 96 valence electrons. The number of carbonyl (C=O) groups excluding carboxylic acids is 2. The zero-order valence-electron chi connectivity index (χ0n) is 10.5. The summed E-state index contributed by atoms with van der Waals surface area (Å²) in [5, 5.41) is 0. The highest BCUT2D eigenvalue weighted by atomic mass is 16.1. The van der Waals surface area contributed by atoms with Crippen LogP contribution in [0.3, 0.4) is 0 Å². The Kier molecular flexibility index (Phi) is 4.15. The van der Waals surface area contributed by atoms with E-state index in [-0.39, 0.29) is 0 Å². The molecule has 20 heavy (non-hydrogen) atoms. The Morgan fingerprint density at radius 3 is 1.40 bits per heavy atom. The zero-order chi connectivity index (χ0) is 14.4. The molecule has 0 aliphatic heterocycles. The monoisotopic (exact) mass is 262 g/mol. The number of hydrogen-bond donors (Lipinski definition) is 0. The maximum Gasteiger partial charge on any atom is 0.240 e. The number of nitrogens with zero attached hydrogens (tertiary/aromatic N) is 2. The van der Waals surface area contributed by atoms with Gasteiger partial charge in [-0.25, -0.2) is 9.59 Å². The summed E-state index contributed by atoms with van der Waals surface area (Å²) in [4.78, 5) is 27.4. The van der Waals surface area contributed by atoms with Crippen molar-refractivity contribution in [2.24, 2.45) is 9.98 Å². The van der Waals surface area contributed by atoms with Crippen LogP contribution in [0, 0.1) is 0 Å². The first-order valence-electron chi connectivity index (χ1n) is 5.80. The number of hydrogen-bond acceptors (Lipinski definition) is 4. The van der Waals surface area contributed by atoms with Crippen molar-refractivity contribution in [2.45, 2.75) is 0 Å². The van der Waals surface area contributed by atoms with E-state index in [2.05, 4.69) is 16.6 Å². The van der Waals surface area contributed by atoms with Gasteiger partial charge in [0.1, 0.15) is 0 Å². The highest BCUT2D eigenvalue weighted by Crippen LogP contribution is 2.25. The van der Waals surface area contributed by atoms with E-state index in [4.69, 9.17) is 0 Å². The van der Waals surface area contributed by atoms with E-state index < -0.39 is 0 Å². The third kappa shape index (κ3) is 3.03. The van der Waals surface area contributed by atoms with E-state index in [0.717, 1.165) is 16.7 Å². The van der Waals surface area contributed by atoms with Gasteiger partial charge in [-0.05, 0) is 41.0 Å². The van der Waals surface area contributed by atoms with E-state index in [0.29, 0.717) is 11.4 Å². The maximum atomic E-state index is 10.2. The molecule has 2 rings (SSSR count). The summed E-state index contributed by atoms with van der Waals surface area (Å²) in [5.74, 6) is 0. The molecule has 0 atom stereocenters. The highest BCUT2D eigenvalue weighted by Gasteiger charge is 2.02. The summed E-state index contributed by atoms with van der Waals surface area (Å²) >= 11 is 0. The Labute approximate surface area is 115 Å². The third-order valence-electron chi connectivity index (χ3n) is 2.78. The molecule has 2 aromatic carbocycles. The van der Waals surface area contributed by atoms with Gasteiger partial charge in [-0.3, -0.25) is 0 Å². The lowest BCUT2D eigenvalue weighted by Crippen LogP contribution is -1.85. The number of isocyanates is 2. The van der Waals surface area contributed by atoms with Gasteiger partial charge in [-0.2, -0.15) is 9.98 Å². The fraction of sp³-hybridized carbons (Fsp3) is 0. The van der Waals surface area contributed by atoms with Crippen molar-refractivity contribution in [1.82, 2.24) is 0 Å². The summed E-state index contributed by atoms with van der Waals surface area (Å²) < 4.78 is 0. The molecule has 0 aliphatic rings. The molecule has 0 spiro atoms. The lowest BCUT2D eigenvalue weighted by molar-refractivity contribution is 0.564. The van der Waals surface area contributed by atoms with Gasteiger partial charge < -0.3 is 0 Å². The topological polar surface area (TPSA) is 58.9 Å². The highest BCUT2D eigenvalue weighted by molar-refractivity contribution is 5.79. The van der Waals surface area contributed by atoms with Gasteiger partial charge >= 0.3 is 0 Å². The Balaban J connectivity index is 2.26. The molecule has 0 N–H and O–H groups in total. The fourth-order valence-electron chi connectivity index (χ4n) is 1.75. The Hall–Kier alpha value is -3.06. The van der Waals surface area contributed by atoms with E-state index in [1.807, 2.05) is 24.3 Å². The van der Waals surface area contributed by atoms with Gasteiger partial charge in [0.25, 0.3) is 0 Å². The Bertz CT molecular complexity index is 655. The summed E-state index contributed by atoms with van der Waals surface area (Å²) in [6.45, 7) is 4.03. The molecule has 2 aromatic rings. The molecule has 0 saturated carbocycles. The smallest absolute Gasteiger partial charge is 0.211 e. The number of benzene rings is 2. The lowest BCUT2D eigenvalue weighted by Gasteiger charge is -2.06. The summed E-state index contributed by atoms with van der Waals surface area (Å²) in [5.41, 5.74) is 3.76. The predicted octanol–water partition coefficient (Wildman–Crippen LogP) is 3.68. The molecule has 0 bridgehead atoms. The van der Waals surface area contributed by atoms with Gasteiger partial charge in [-0.15, -0.1) is 0 Å². The van der Waals surface area contributed by atoms with Crippen molar-refractivity contribution in [3.8, 4) is 0 Å². The van der Waals surface area contributed by atoms with Crippen LogP contribution in [0.4, 0.5) is 11.4 Å². The zero-order valence-corrected chi connectivity index (χ0v) is 10.5. The molecule has 4 heteroatoms. The van der Waals surface area contributed by atoms with Crippen LogP contribution in [0.2, 0.25) is 0 Å². The van der Waals surface area contributed by atoms with Crippen molar-refractivity contribution >= 4 is 29.1 Å². The maximum absolute atomic E-state index is 10.2. The van der Waals surface area contributed by atoms with Crippen LogP contribution in [0.15, 0.2) is 65.1 Å². The van der Waals surface area contributed by atoms with Gasteiger partial charge in [0.2, 0.25) is 12.2 Å². The van der Waals surface area contributed by atoms with Crippen molar-refractivity contribution in [3.05, 3.63) is 66.2 Å². The minimum absolute atomic E-state index is 0.548. The van der Waals surface area contributed by atoms with Crippen LogP contribution in [-0.2, 0) is 9.59 Å². The lowest BCUT2D eigenvalue weighted by atomic mass is 9.99. The van der Waals surface area contributed by atoms with Crippen LogP contribution < -0.4 is 0 Å². The molecule has 0 aromatic heterocycles. The van der Waals surface area contributed by atoms with E-state index in [1.165, 1.54) is 12.2 Å². The van der Waals surface area contributed by atoms with E-state index in [1.54, 1.807) is 24.3 Å². The van der Waals surface area contributed by atoms with Gasteiger partial charge in [0.15, 0.2) is 0 Å². The molecule has 0 heterocycles. The molecule has 0 fully saturated rings. The first-order valence-corrected chi connectivity index (χ1v) is 5.80. The van der Waals surface area contributed by atoms with Crippen molar-refractivity contribution in [3.63, 3.8) is 0 Å². The van der Waals surface area contributed by atoms with Crippen LogP contribution in [0.5, 0.6) is 0 Å². The van der Waals surface area contributed by atoms with Crippen LogP contribution in [0.1, 0.15) is 11.1 Å². The SMILES string of the molecule is C=C(c1ccc(N=C=O)cc1)c1ccc(N=C=O)cc1. The molecule has 0 saturated heterocycles. The van der Waals surface area contributed by atoms with E-state index in [9.17, 15) is 9.59 Å². The summed E-state index contributed by atoms with van der Waals surface area (Å²) in [6, 6.07) is 14.2. The quantitative estimate of drug-likeness (QED) is 0.623. The Morgan fingerprint density at radius 1 is 0.750 bits per heavy atom. The average molecular weight is 262 g/mol. The second-order valence-corrected chi connectivity index (χ2v) is 3.98. The van der Waals surface area contributed by atoms with Gasteiger partial charge in [0, 0.05) is 0 Å². The Morgan fingerprint density at radius 2 is 1.10 bits per heavy atom. The molecular formula is C16H10N2O2. The minimum Gasteiger partial charge on any atom is -0.211 e. The molecule has 0 radical (unpaired) electrons. The summed E-state index contributed by atoms with van der Waals surface area (Å²) in [7, 11) is 0. The van der Waals surface area contributed by atoms with Crippen LogP contribution in [0.25, 0.3) is 5.57 Å². The first kappa shape index (κ1) is 13.4. The van der Waals surface area contributed by atoms with Crippen molar-refractivity contribution in [1.29, 1.82) is 0 Å². The standard InChI is InChI=1S/C16H10N2O2/c1-12(13-2-6-15(7-3-13)17-10-19)14-4-8-16(9-5-14)18-11-20/h2-9H,1H2. The molecule has 0 amide bonds. The third-order valence-corrected chi connectivity index (χ3v) is 2.78. The summed E-state index contributed by atoms with van der Waals surface area (Å²) in [6.07, 6.45) is 2.99. The van der Waals surface area contributed by atoms with Crippen molar-refractivity contribution in [2.75, 3.05) is 0 Å². The molecule has 0 unspecified atom stereocenters. The normalized spacial score (nSPS) is 9.20. The van der Waals surface area contributed by atoms with Gasteiger partial charge in [-0.1, -0.05) is 30.8 Å². The van der Waals surface area contributed by atoms with Gasteiger partial charge in [0.05, 0.1) is 11.4 Å². The average Bonchev–Trinajstić information content (AvgIpc) is 2.49. The van der Waals surface area contributed by atoms with Crippen molar-refractivity contribution < 1.29 is 9.59 Å². The minimum atomic E-state index is 0.548. The molecular weight excluding hydrogens is 252 g/mol. The number of aliphatic imine (C=N–C) groups is 2. The molecule has 0 aliphatic carbocycles. The van der Waals surface area contributed by atoms with Crippen LogP contribution in [-0.4, -0.2) is 12.2 Å².